The van der Waals surface area contributed by atoms with Crippen LogP contribution in [-0.2, 0) is 20.9 Å². The minimum absolute atomic E-state index is 0.148. The van der Waals surface area contributed by atoms with Crippen molar-refractivity contribution in [2.24, 2.45) is 0 Å². The van der Waals surface area contributed by atoms with Crippen molar-refractivity contribution in [3.63, 3.8) is 0 Å². The van der Waals surface area contributed by atoms with Gasteiger partial charge >= 0.3 is 5.97 Å². The van der Waals surface area contributed by atoms with Crippen LogP contribution in [0.15, 0.2) is 66.4 Å². The Hall–Kier alpha value is -2.90. The van der Waals surface area contributed by atoms with Crippen LogP contribution in [0.1, 0.15) is 12.5 Å². The summed E-state index contributed by atoms with van der Waals surface area (Å²) in [6.07, 6.45) is 1.26. The summed E-state index contributed by atoms with van der Waals surface area (Å²) in [6, 6.07) is 16.4. The van der Waals surface area contributed by atoms with Gasteiger partial charge in [-0.15, -0.1) is 0 Å². The fourth-order valence-corrected chi connectivity index (χ4v) is 2.69. The van der Waals surface area contributed by atoms with E-state index in [2.05, 4.69) is 10.6 Å². The summed E-state index contributed by atoms with van der Waals surface area (Å²) < 4.78 is 5.02. The summed E-state index contributed by atoms with van der Waals surface area (Å²) in [7, 11) is 1.62. The minimum Gasteiger partial charge on any atom is -0.462 e. The first kappa shape index (κ1) is 22.4. The van der Waals surface area contributed by atoms with Gasteiger partial charge in [0, 0.05) is 30.5 Å². The molecule has 0 aliphatic carbocycles. The molecule has 0 aromatic heterocycles. The minimum atomic E-state index is -0.723. The number of carbonyl (C=O) groups is 2. The molecule has 0 fully saturated rings. The molecule has 29 heavy (non-hydrogen) atoms. The number of hydrogen-bond acceptors (Lipinski definition) is 4. The predicted octanol–water partition coefficient (Wildman–Crippen LogP) is 3.73. The molecule has 0 spiro atoms. The molecule has 0 aliphatic rings. The molecule has 6 nitrogen and oxygen atoms in total. The Balaban J connectivity index is 2.09. The molecule has 2 aromatic rings. The van der Waals surface area contributed by atoms with Gasteiger partial charge in [-0.05, 0) is 49.0 Å². The molecular formula is C21H22ClN3O3S. The topological polar surface area (TPSA) is 70.7 Å². The van der Waals surface area contributed by atoms with Crippen molar-refractivity contribution in [2.75, 3.05) is 19.0 Å². The number of anilines is 1. The number of nitrogens with one attached hydrogen (secondary N) is 2. The van der Waals surface area contributed by atoms with Crippen molar-refractivity contribution in [1.29, 1.82) is 0 Å². The Morgan fingerprint density at radius 1 is 1.14 bits per heavy atom. The molecule has 1 amide bonds. The van der Waals surface area contributed by atoms with E-state index in [9.17, 15) is 9.59 Å². The van der Waals surface area contributed by atoms with E-state index < -0.39 is 11.9 Å². The lowest BCUT2D eigenvalue weighted by atomic mass is 10.2. The van der Waals surface area contributed by atoms with Crippen LogP contribution in [0, 0.1) is 0 Å². The summed E-state index contributed by atoms with van der Waals surface area (Å²) in [5.74, 6) is -1.20. The predicted molar refractivity (Wildman–Crippen MR) is 118 cm³/mol. The van der Waals surface area contributed by atoms with Gasteiger partial charge in [0.2, 0.25) is 0 Å². The molecule has 2 N–H and O–H groups in total. The first-order valence-electron chi connectivity index (χ1n) is 8.90. The van der Waals surface area contributed by atoms with Crippen LogP contribution in [0.3, 0.4) is 0 Å². The van der Waals surface area contributed by atoms with Gasteiger partial charge in [-0.2, -0.15) is 0 Å². The average molecular weight is 432 g/mol. The standard InChI is InChI=1S/C21H22ClN3O3S/c1-3-28-20(27)18(19(26)25(2)14-15-7-5-4-6-8-15)13-23-21(29)24-17-11-9-16(22)10-12-17/h4-13H,3,14H2,1-2H3,(H2,23,24,29)/b18-13+. The summed E-state index contributed by atoms with van der Waals surface area (Å²) >= 11 is 11.1. The lowest BCUT2D eigenvalue weighted by molar-refractivity contribution is -0.142. The highest BCUT2D eigenvalue weighted by molar-refractivity contribution is 7.80. The van der Waals surface area contributed by atoms with Gasteiger partial charge in [-0.1, -0.05) is 41.9 Å². The number of rotatable bonds is 7. The lowest BCUT2D eigenvalue weighted by Crippen LogP contribution is -2.33. The molecule has 8 heteroatoms. The second-order valence-corrected chi connectivity index (χ2v) is 6.88. The zero-order valence-electron chi connectivity index (χ0n) is 16.1. The molecule has 152 valence electrons. The molecular weight excluding hydrogens is 410 g/mol. The number of halogens is 1. The third-order valence-corrected chi connectivity index (χ3v) is 4.26. The normalized spacial score (nSPS) is 10.8. The summed E-state index contributed by atoms with van der Waals surface area (Å²) in [5.41, 5.74) is 1.51. The van der Waals surface area contributed by atoms with E-state index in [1.807, 2.05) is 30.3 Å². The molecule has 0 saturated carbocycles. The number of nitrogens with zero attached hydrogens (tertiary/aromatic N) is 1. The van der Waals surface area contributed by atoms with Gasteiger partial charge in [-0.3, -0.25) is 4.79 Å². The second kappa shape index (κ2) is 11.2. The monoisotopic (exact) mass is 431 g/mol. The van der Waals surface area contributed by atoms with Crippen molar-refractivity contribution in [1.82, 2.24) is 10.2 Å². The number of amides is 1. The van der Waals surface area contributed by atoms with E-state index in [0.717, 1.165) is 5.56 Å². The summed E-state index contributed by atoms with van der Waals surface area (Å²) in [4.78, 5) is 26.5. The van der Waals surface area contributed by atoms with E-state index in [0.29, 0.717) is 17.3 Å². The first-order valence-corrected chi connectivity index (χ1v) is 9.69. The fourth-order valence-electron chi connectivity index (χ4n) is 2.39. The average Bonchev–Trinajstić information content (AvgIpc) is 2.70. The van der Waals surface area contributed by atoms with Crippen LogP contribution in [-0.4, -0.2) is 35.5 Å². The van der Waals surface area contributed by atoms with Crippen molar-refractivity contribution in [2.45, 2.75) is 13.5 Å². The van der Waals surface area contributed by atoms with Crippen LogP contribution >= 0.6 is 23.8 Å². The number of carbonyl (C=O) groups excluding carboxylic acids is 2. The summed E-state index contributed by atoms with van der Waals surface area (Å²) in [5, 5.41) is 6.52. The highest BCUT2D eigenvalue weighted by atomic mass is 35.5. The highest BCUT2D eigenvalue weighted by Crippen LogP contribution is 2.13. The van der Waals surface area contributed by atoms with Gasteiger partial charge in [0.05, 0.1) is 6.61 Å². The zero-order chi connectivity index (χ0) is 21.2. The van der Waals surface area contributed by atoms with E-state index in [4.69, 9.17) is 28.6 Å². The van der Waals surface area contributed by atoms with Crippen LogP contribution in [0.5, 0.6) is 0 Å². The summed E-state index contributed by atoms with van der Waals surface area (Å²) in [6.45, 7) is 2.18. The number of ether oxygens (including phenoxy) is 1. The molecule has 0 bridgehead atoms. The molecule has 0 saturated heterocycles. The Bertz CT molecular complexity index is 886. The van der Waals surface area contributed by atoms with Crippen LogP contribution in [0.2, 0.25) is 5.02 Å². The maximum atomic E-state index is 12.8. The van der Waals surface area contributed by atoms with Crippen LogP contribution in [0.25, 0.3) is 0 Å². The fraction of sp³-hybridized carbons (Fsp3) is 0.190. The molecule has 0 atom stereocenters. The van der Waals surface area contributed by atoms with Gasteiger partial charge in [0.1, 0.15) is 5.57 Å². The number of likely N-dealkylation sites (N-methyl/N-ethyl adjacent to an activating group) is 1. The lowest BCUT2D eigenvalue weighted by Gasteiger charge is -2.19. The zero-order valence-corrected chi connectivity index (χ0v) is 17.7. The van der Waals surface area contributed by atoms with Crippen molar-refractivity contribution >= 4 is 46.5 Å². The third-order valence-electron chi connectivity index (χ3n) is 3.78. The highest BCUT2D eigenvalue weighted by Gasteiger charge is 2.23. The van der Waals surface area contributed by atoms with E-state index >= 15 is 0 Å². The molecule has 2 aromatic carbocycles. The molecule has 0 unspecified atom stereocenters. The first-order chi connectivity index (χ1) is 13.9. The number of hydrogen-bond donors (Lipinski definition) is 2. The molecule has 0 radical (unpaired) electrons. The Labute approximate surface area is 180 Å². The SMILES string of the molecule is CCOC(=O)/C(=C/NC(=S)Nc1ccc(Cl)cc1)C(=O)N(C)Cc1ccccc1. The van der Waals surface area contributed by atoms with Crippen molar-refractivity contribution in [3.05, 3.63) is 77.0 Å². The van der Waals surface area contributed by atoms with Crippen LogP contribution < -0.4 is 10.6 Å². The smallest absolute Gasteiger partial charge is 0.345 e. The van der Waals surface area contributed by atoms with Crippen molar-refractivity contribution in [3.8, 4) is 0 Å². The van der Waals surface area contributed by atoms with Crippen molar-refractivity contribution < 1.29 is 14.3 Å². The second-order valence-electron chi connectivity index (χ2n) is 6.03. The number of thiocarbonyl (C=S) groups is 1. The van der Waals surface area contributed by atoms with E-state index in [-0.39, 0.29) is 17.3 Å². The van der Waals surface area contributed by atoms with E-state index in [1.165, 1.54) is 11.1 Å². The molecule has 2 rings (SSSR count). The van der Waals surface area contributed by atoms with Gasteiger partial charge in [-0.25, -0.2) is 4.79 Å². The maximum Gasteiger partial charge on any atom is 0.345 e. The Morgan fingerprint density at radius 2 is 1.79 bits per heavy atom. The van der Waals surface area contributed by atoms with E-state index in [1.54, 1.807) is 38.2 Å². The van der Waals surface area contributed by atoms with Gasteiger partial charge in [0.25, 0.3) is 5.91 Å². The van der Waals surface area contributed by atoms with Crippen LogP contribution in [0.4, 0.5) is 5.69 Å². The largest absolute Gasteiger partial charge is 0.462 e. The third kappa shape index (κ3) is 7.21. The van der Waals surface area contributed by atoms with Gasteiger partial charge in [0.15, 0.2) is 5.11 Å². The number of benzene rings is 2. The Morgan fingerprint density at radius 3 is 2.41 bits per heavy atom. The maximum absolute atomic E-state index is 12.8. The van der Waals surface area contributed by atoms with Gasteiger partial charge < -0.3 is 20.3 Å². The Kier molecular flexibility index (Phi) is 8.64. The number of esters is 1. The quantitative estimate of drug-likeness (QED) is 0.229. The molecule has 0 aliphatic heterocycles. The molecule has 0 heterocycles.